The number of likely N-dealkylation sites (N-methyl/N-ethyl adjacent to an activating group) is 1. The normalized spacial score (nSPS) is 11.4. The molecule has 5 nitrogen and oxygen atoms in total. The molecule has 0 aliphatic heterocycles. The van der Waals surface area contributed by atoms with E-state index in [0.29, 0.717) is 18.5 Å². The SMILES string of the molecule is CCn1c(=O)c2ccccc2n(CC[NH+](CC)CC)c1=O. The molecule has 0 aliphatic carbocycles. The molecule has 0 fully saturated rings. The van der Waals surface area contributed by atoms with Gasteiger partial charge in [-0.15, -0.1) is 0 Å². The maximum absolute atomic E-state index is 12.5. The number of hydrogen-bond acceptors (Lipinski definition) is 2. The third-order valence-corrected chi connectivity index (χ3v) is 4.14. The number of fused-ring (bicyclic) bond motifs is 1. The van der Waals surface area contributed by atoms with Gasteiger partial charge in [0.15, 0.2) is 0 Å². The van der Waals surface area contributed by atoms with E-state index in [-0.39, 0.29) is 11.2 Å². The predicted molar refractivity (Wildman–Crippen MR) is 85.1 cm³/mol. The smallest absolute Gasteiger partial charge is 0.331 e. The summed E-state index contributed by atoms with van der Waals surface area (Å²) >= 11 is 0. The van der Waals surface area contributed by atoms with Gasteiger partial charge in [0.2, 0.25) is 0 Å². The molecule has 1 aromatic carbocycles. The minimum atomic E-state index is -0.201. The summed E-state index contributed by atoms with van der Waals surface area (Å²) in [6, 6.07) is 7.37. The number of hydrogen-bond donors (Lipinski definition) is 1. The van der Waals surface area contributed by atoms with Gasteiger partial charge >= 0.3 is 5.69 Å². The minimum Gasteiger partial charge on any atom is -0.334 e. The number of aromatic nitrogens is 2. The highest BCUT2D eigenvalue weighted by Crippen LogP contribution is 2.06. The second kappa shape index (κ2) is 6.72. The van der Waals surface area contributed by atoms with Gasteiger partial charge in [0.25, 0.3) is 5.56 Å². The molecule has 0 saturated heterocycles. The van der Waals surface area contributed by atoms with E-state index < -0.39 is 0 Å². The Hall–Kier alpha value is -1.88. The fourth-order valence-corrected chi connectivity index (χ4v) is 2.74. The second-order valence-electron chi connectivity index (χ2n) is 5.21. The molecule has 5 heteroatoms. The standard InChI is InChI=1S/C16H23N3O2/c1-4-17(5-2)11-12-19-14-10-8-7-9-13(14)15(20)18(6-3)16(19)21/h7-10H,4-6,11-12H2,1-3H3/p+1. The molecule has 0 atom stereocenters. The molecule has 0 radical (unpaired) electrons. The molecule has 0 unspecified atom stereocenters. The van der Waals surface area contributed by atoms with Crippen LogP contribution >= 0.6 is 0 Å². The van der Waals surface area contributed by atoms with E-state index >= 15 is 0 Å². The predicted octanol–water partition coefficient (Wildman–Crippen LogP) is 0.108. The maximum atomic E-state index is 12.5. The van der Waals surface area contributed by atoms with Gasteiger partial charge in [0.05, 0.1) is 37.1 Å². The Balaban J connectivity index is 2.56. The van der Waals surface area contributed by atoms with Gasteiger partial charge in [-0.3, -0.25) is 13.9 Å². The van der Waals surface area contributed by atoms with E-state index in [1.807, 2.05) is 25.1 Å². The highest BCUT2D eigenvalue weighted by atomic mass is 16.2. The molecule has 114 valence electrons. The molecule has 1 aromatic heterocycles. The van der Waals surface area contributed by atoms with Gasteiger partial charge in [-0.05, 0) is 32.9 Å². The highest BCUT2D eigenvalue weighted by Gasteiger charge is 2.13. The Kier molecular flexibility index (Phi) is 4.96. The van der Waals surface area contributed by atoms with Crippen molar-refractivity contribution in [2.75, 3.05) is 19.6 Å². The van der Waals surface area contributed by atoms with Crippen LogP contribution in [0, 0.1) is 0 Å². The summed E-state index contributed by atoms with van der Waals surface area (Å²) in [4.78, 5) is 26.3. The second-order valence-corrected chi connectivity index (χ2v) is 5.21. The third kappa shape index (κ3) is 2.93. The first-order valence-electron chi connectivity index (χ1n) is 7.69. The lowest BCUT2D eigenvalue weighted by Crippen LogP contribution is -3.11. The van der Waals surface area contributed by atoms with Crippen molar-refractivity contribution >= 4 is 10.9 Å². The highest BCUT2D eigenvalue weighted by molar-refractivity contribution is 5.77. The molecule has 2 rings (SSSR count). The van der Waals surface area contributed by atoms with Crippen molar-refractivity contribution in [1.29, 1.82) is 0 Å². The fraction of sp³-hybridized carbons (Fsp3) is 0.500. The Morgan fingerprint density at radius 2 is 1.67 bits per heavy atom. The first-order valence-corrected chi connectivity index (χ1v) is 7.69. The Morgan fingerprint density at radius 3 is 2.29 bits per heavy atom. The van der Waals surface area contributed by atoms with Crippen molar-refractivity contribution in [2.24, 2.45) is 0 Å². The van der Waals surface area contributed by atoms with Crippen molar-refractivity contribution in [3.05, 3.63) is 45.1 Å². The average Bonchev–Trinajstić information content (AvgIpc) is 2.51. The number of rotatable bonds is 6. The number of quaternary nitrogens is 1. The molecule has 0 aliphatic rings. The number of nitrogens with zero attached hydrogens (tertiary/aromatic N) is 2. The quantitative estimate of drug-likeness (QED) is 0.821. The van der Waals surface area contributed by atoms with Crippen LogP contribution in [0.4, 0.5) is 0 Å². The van der Waals surface area contributed by atoms with E-state index in [4.69, 9.17) is 0 Å². The summed E-state index contributed by atoms with van der Waals surface area (Å²) in [5.41, 5.74) is 0.348. The zero-order valence-corrected chi connectivity index (χ0v) is 13.1. The lowest BCUT2D eigenvalue weighted by atomic mass is 10.2. The molecule has 0 saturated carbocycles. The molecule has 2 aromatic rings. The summed E-state index contributed by atoms with van der Waals surface area (Å²) in [6.45, 7) is 10.1. The van der Waals surface area contributed by atoms with Crippen LogP contribution in [0.15, 0.2) is 33.9 Å². The van der Waals surface area contributed by atoms with Crippen molar-refractivity contribution in [3.63, 3.8) is 0 Å². The van der Waals surface area contributed by atoms with Crippen LogP contribution in [0.5, 0.6) is 0 Å². The molecule has 21 heavy (non-hydrogen) atoms. The van der Waals surface area contributed by atoms with Crippen LogP contribution < -0.4 is 16.1 Å². The molecule has 0 spiro atoms. The van der Waals surface area contributed by atoms with Crippen molar-refractivity contribution < 1.29 is 4.90 Å². The molecule has 0 bridgehead atoms. The van der Waals surface area contributed by atoms with Crippen LogP contribution in [0.3, 0.4) is 0 Å². The van der Waals surface area contributed by atoms with Gasteiger partial charge < -0.3 is 4.90 Å². The first kappa shape index (κ1) is 15.5. The van der Waals surface area contributed by atoms with Gasteiger partial charge in [-0.1, -0.05) is 12.1 Å². The summed E-state index contributed by atoms with van der Waals surface area (Å²) in [5, 5.41) is 0.619. The van der Waals surface area contributed by atoms with Crippen molar-refractivity contribution in [2.45, 2.75) is 33.9 Å². The molecule has 0 amide bonds. The number of para-hydroxylation sites is 1. The Morgan fingerprint density at radius 1 is 1.00 bits per heavy atom. The number of benzene rings is 1. The van der Waals surface area contributed by atoms with E-state index in [2.05, 4.69) is 13.8 Å². The maximum Gasteiger partial charge on any atom is 0.331 e. The van der Waals surface area contributed by atoms with Gasteiger partial charge in [0, 0.05) is 6.54 Å². The zero-order valence-electron chi connectivity index (χ0n) is 13.1. The summed E-state index contributed by atoms with van der Waals surface area (Å²) in [6.07, 6.45) is 0. The average molecular weight is 290 g/mol. The third-order valence-electron chi connectivity index (χ3n) is 4.14. The van der Waals surface area contributed by atoms with Crippen LogP contribution in [-0.4, -0.2) is 28.8 Å². The van der Waals surface area contributed by atoms with Crippen LogP contribution in [0.25, 0.3) is 10.9 Å². The van der Waals surface area contributed by atoms with E-state index in [0.717, 1.165) is 25.2 Å². The van der Waals surface area contributed by atoms with Crippen LogP contribution in [-0.2, 0) is 13.1 Å². The van der Waals surface area contributed by atoms with E-state index in [9.17, 15) is 9.59 Å². The van der Waals surface area contributed by atoms with Crippen molar-refractivity contribution in [1.82, 2.24) is 9.13 Å². The molecule has 1 heterocycles. The lowest BCUT2D eigenvalue weighted by Gasteiger charge is -2.18. The van der Waals surface area contributed by atoms with Crippen LogP contribution in [0.1, 0.15) is 20.8 Å². The zero-order chi connectivity index (χ0) is 15.4. The number of nitrogens with one attached hydrogen (secondary N) is 1. The van der Waals surface area contributed by atoms with E-state index in [1.54, 1.807) is 10.6 Å². The largest absolute Gasteiger partial charge is 0.334 e. The van der Waals surface area contributed by atoms with Crippen molar-refractivity contribution in [3.8, 4) is 0 Å². The fourth-order valence-electron chi connectivity index (χ4n) is 2.74. The molecular weight excluding hydrogens is 266 g/mol. The lowest BCUT2D eigenvalue weighted by molar-refractivity contribution is -0.897. The first-order chi connectivity index (χ1) is 10.1. The summed E-state index contributed by atoms with van der Waals surface area (Å²) in [7, 11) is 0. The topological polar surface area (TPSA) is 48.4 Å². The van der Waals surface area contributed by atoms with Gasteiger partial charge in [0.1, 0.15) is 0 Å². The van der Waals surface area contributed by atoms with Crippen LogP contribution in [0.2, 0.25) is 0 Å². The van der Waals surface area contributed by atoms with Gasteiger partial charge in [-0.25, -0.2) is 4.79 Å². The summed E-state index contributed by atoms with van der Waals surface area (Å²) in [5.74, 6) is 0. The van der Waals surface area contributed by atoms with Gasteiger partial charge in [-0.2, -0.15) is 0 Å². The minimum absolute atomic E-state index is 0.190. The Labute approximate surface area is 124 Å². The summed E-state index contributed by atoms with van der Waals surface area (Å²) < 4.78 is 3.06. The van der Waals surface area contributed by atoms with E-state index in [1.165, 1.54) is 9.47 Å². The molecular formula is C16H24N3O2+. The monoisotopic (exact) mass is 290 g/mol. The Bertz CT molecular complexity index is 726. The molecule has 1 N–H and O–H groups in total.